The predicted molar refractivity (Wildman–Crippen MR) is 90.4 cm³/mol. The van der Waals surface area contributed by atoms with E-state index < -0.39 is 10.0 Å². The zero-order valence-electron chi connectivity index (χ0n) is 13.9. The van der Waals surface area contributed by atoms with Crippen LogP contribution in [-0.2, 0) is 10.0 Å². The van der Waals surface area contributed by atoms with Gasteiger partial charge in [-0.05, 0) is 31.5 Å². The number of hydrogen-bond donors (Lipinski definition) is 1. The molecule has 1 heterocycles. The van der Waals surface area contributed by atoms with Gasteiger partial charge < -0.3 is 9.42 Å². The second kappa shape index (κ2) is 7.48. The molecule has 0 fully saturated rings. The van der Waals surface area contributed by atoms with Gasteiger partial charge in [0.05, 0.1) is 4.90 Å². The molecule has 1 aromatic heterocycles. The number of benzene rings is 1. The highest BCUT2D eigenvalue weighted by Crippen LogP contribution is 2.18. The fourth-order valence-corrected chi connectivity index (χ4v) is 3.15. The number of carbonyl (C=O) groups is 1. The van der Waals surface area contributed by atoms with Gasteiger partial charge in [0.25, 0.3) is 15.9 Å². The molecule has 2 aromatic rings. The first-order chi connectivity index (χ1) is 11.3. The average Bonchev–Trinajstić information content (AvgIpc) is 2.96. The van der Waals surface area contributed by atoms with Crippen LogP contribution in [0.4, 0.5) is 5.82 Å². The van der Waals surface area contributed by atoms with Gasteiger partial charge in [0, 0.05) is 25.2 Å². The van der Waals surface area contributed by atoms with E-state index in [-0.39, 0.29) is 16.6 Å². The lowest BCUT2D eigenvalue weighted by Gasteiger charge is -2.17. The van der Waals surface area contributed by atoms with E-state index in [4.69, 9.17) is 4.52 Å². The summed E-state index contributed by atoms with van der Waals surface area (Å²) in [7, 11) is -2.14. The van der Waals surface area contributed by atoms with E-state index in [0.717, 1.165) is 12.8 Å². The first kappa shape index (κ1) is 18.0. The third kappa shape index (κ3) is 4.35. The Balaban J connectivity index is 2.21. The number of amides is 1. The van der Waals surface area contributed by atoms with Crippen LogP contribution in [0.1, 0.15) is 35.9 Å². The molecule has 1 N–H and O–H groups in total. The van der Waals surface area contributed by atoms with Crippen molar-refractivity contribution in [2.45, 2.75) is 31.6 Å². The Morgan fingerprint density at radius 3 is 2.71 bits per heavy atom. The largest absolute Gasteiger partial charge is 0.360 e. The van der Waals surface area contributed by atoms with Crippen LogP contribution in [0.5, 0.6) is 0 Å². The van der Waals surface area contributed by atoms with Gasteiger partial charge >= 0.3 is 0 Å². The maximum atomic E-state index is 12.4. The fourth-order valence-electron chi connectivity index (χ4n) is 2.12. The van der Waals surface area contributed by atoms with Crippen LogP contribution in [-0.4, -0.2) is 38.0 Å². The molecule has 2 rings (SSSR count). The Kier molecular flexibility index (Phi) is 5.61. The van der Waals surface area contributed by atoms with Crippen molar-refractivity contribution in [3.05, 3.63) is 41.7 Å². The molecule has 24 heavy (non-hydrogen) atoms. The zero-order valence-corrected chi connectivity index (χ0v) is 14.8. The van der Waals surface area contributed by atoms with E-state index in [9.17, 15) is 13.2 Å². The summed E-state index contributed by atoms with van der Waals surface area (Å²) in [5.41, 5.74) is 0.327. The Hall–Kier alpha value is -2.35. The Morgan fingerprint density at radius 1 is 1.33 bits per heavy atom. The lowest BCUT2D eigenvalue weighted by atomic mass is 10.2. The number of nitrogens with zero attached hydrogens (tertiary/aromatic N) is 2. The maximum Gasteiger partial charge on any atom is 0.263 e. The lowest BCUT2D eigenvalue weighted by molar-refractivity contribution is 0.0793. The van der Waals surface area contributed by atoms with Gasteiger partial charge in [-0.15, -0.1) is 0 Å². The predicted octanol–water partition coefficient (Wildman–Crippen LogP) is 2.66. The molecule has 0 aliphatic rings. The van der Waals surface area contributed by atoms with Crippen molar-refractivity contribution in [2.24, 2.45) is 0 Å². The maximum absolute atomic E-state index is 12.4. The molecular formula is C16H21N3O4S. The summed E-state index contributed by atoms with van der Waals surface area (Å²) in [6, 6.07) is 7.41. The number of aryl methyl sites for hydroxylation is 1. The SMILES string of the molecule is CCCCN(C)C(=O)c1cccc(S(=O)(=O)Nc2cc(C)on2)c1. The molecule has 1 amide bonds. The highest BCUT2D eigenvalue weighted by molar-refractivity contribution is 7.92. The smallest absolute Gasteiger partial charge is 0.263 e. The van der Waals surface area contributed by atoms with Crippen molar-refractivity contribution in [1.82, 2.24) is 10.1 Å². The summed E-state index contributed by atoms with van der Waals surface area (Å²) < 4.78 is 32.0. The van der Waals surface area contributed by atoms with Crippen LogP contribution in [0.2, 0.25) is 0 Å². The molecule has 0 atom stereocenters. The lowest BCUT2D eigenvalue weighted by Crippen LogP contribution is -2.28. The number of rotatable bonds is 7. The second-order valence-electron chi connectivity index (χ2n) is 5.54. The molecule has 0 spiro atoms. The van der Waals surface area contributed by atoms with Crippen LogP contribution < -0.4 is 4.72 Å². The van der Waals surface area contributed by atoms with E-state index in [1.165, 1.54) is 18.2 Å². The molecule has 0 aliphatic heterocycles. The molecule has 1 aromatic carbocycles. The van der Waals surface area contributed by atoms with E-state index in [1.54, 1.807) is 31.0 Å². The minimum atomic E-state index is -3.84. The summed E-state index contributed by atoms with van der Waals surface area (Å²) in [5, 5.41) is 3.61. The summed E-state index contributed by atoms with van der Waals surface area (Å²) in [4.78, 5) is 14.0. The van der Waals surface area contributed by atoms with E-state index in [2.05, 4.69) is 9.88 Å². The highest BCUT2D eigenvalue weighted by atomic mass is 32.2. The summed E-state index contributed by atoms with van der Waals surface area (Å²) >= 11 is 0. The first-order valence-electron chi connectivity index (χ1n) is 7.65. The van der Waals surface area contributed by atoms with Crippen LogP contribution in [0.15, 0.2) is 39.8 Å². The van der Waals surface area contributed by atoms with E-state index in [1.807, 2.05) is 6.92 Å². The average molecular weight is 351 g/mol. The third-order valence-electron chi connectivity index (χ3n) is 3.45. The Labute approximate surface area is 141 Å². The minimum Gasteiger partial charge on any atom is -0.360 e. The fraction of sp³-hybridized carbons (Fsp3) is 0.375. The molecule has 0 aliphatic carbocycles. The first-order valence-corrected chi connectivity index (χ1v) is 9.13. The van der Waals surface area contributed by atoms with Crippen molar-refractivity contribution in [3.63, 3.8) is 0 Å². The van der Waals surface area contributed by atoms with Crippen molar-refractivity contribution < 1.29 is 17.7 Å². The van der Waals surface area contributed by atoms with Crippen LogP contribution in [0, 0.1) is 6.92 Å². The number of anilines is 1. The number of carbonyl (C=O) groups excluding carboxylic acids is 1. The second-order valence-corrected chi connectivity index (χ2v) is 7.22. The topological polar surface area (TPSA) is 92.5 Å². The van der Waals surface area contributed by atoms with Gasteiger partial charge in [-0.3, -0.25) is 9.52 Å². The Bertz CT molecular complexity index is 814. The summed E-state index contributed by atoms with van der Waals surface area (Å²) in [6.07, 6.45) is 1.88. The Morgan fingerprint density at radius 2 is 2.08 bits per heavy atom. The van der Waals surface area contributed by atoms with Crippen LogP contribution in [0.3, 0.4) is 0 Å². The van der Waals surface area contributed by atoms with Crippen LogP contribution in [0.25, 0.3) is 0 Å². The standard InChI is InChI=1S/C16H21N3O4S/c1-4-5-9-19(3)16(20)13-7-6-8-14(11-13)24(21,22)18-15-10-12(2)23-17-15/h6-8,10-11H,4-5,9H2,1-3H3,(H,17,18). The van der Waals surface area contributed by atoms with Gasteiger partial charge in [0.2, 0.25) is 0 Å². The van der Waals surface area contributed by atoms with Crippen LogP contribution >= 0.6 is 0 Å². The molecule has 0 bridgehead atoms. The normalized spacial score (nSPS) is 11.3. The summed E-state index contributed by atoms with van der Waals surface area (Å²) in [5.74, 6) is 0.385. The monoisotopic (exact) mass is 351 g/mol. The number of nitrogens with one attached hydrogen (secondary N) is 1. The zero-order chi connectivity index (χ0) is 17.7. The molecule has 0 radical (unpaired) electrons. The molecule has 0 unspecified atom stereocenters. The number of hydrogen-bond acceptors (Lipinski definition) is 5. The number of aromatic nitrogens is 1. The van der Waals surface area contributed by atoms with Crippen molar-refractivity contribution in [2.75, 3.05) is 18.3 Å². The third-order valence-corrected chi connectivity index (χ3v) is 4.80. The van der Waals surface area contributed by atoms with Gasteiger partial charge in [0.15, 0.2) is 5.82 Å². The number of sulfonamides is 1. The van der Waals surface area contributed by atoms with Gasteiger partial charge in [-0.25, -0.2) is 8.42 Å². The molecule has 0 saturated heterocycles. The number of unbranched alkanes of at least 4 members (excludes halogenated alkanes) is 1. The molecule has 8 heteroatoms. The van der Waals surface area contributed by atoms with Gasteiger partial charge in [-0.1, -0.05) is 24.6 Å². The van der Waals surface area contributed by atoms with E-state index >= 15 is 0 Å². The molecule has 130 valence electrons. The van der Waals surface area contributed by atoms with Gasteiger partial charge in [0.1, 0.15) is 5.76 Å². The van der Waals surface area contributed by atoms with Crippen molar-refractivity contribution >= 4 is 21.7 Å². The quantitative estimate of drug-likeness (QED) is 0.828. The van der Waals surface area contributed by atoms with E-state index in [0.29, 0.717) is 17.9 Å². The minimum absolute atomic E-state index is 0.00195. The molecule has 7 nitrogen and oxygen atoms in total. The molecule has 0 saturated carbocycles. The van der Waals surface area contributed by atoms with Crippen molar-refractivity contribution in [1.29, 1.82) is 0 Å². The van der Waals surface area contributed by atoms with Crippen molar-refractivity contribution in [3.8, 4) is 0 Å². The summed E-state index contributed by atoms with van der Waals surface area (Å²) in [6.45, 7) is 4.34. The highest BCUT2D eigenvalue weighted by Gasteiger charge is 2.19. The molecular weight excluding hydrogens is 330 g/mol. The van der Waals surface area contributed by atoms with Gasteiger partial charge in [-0.2, -0.15) is 0 Å².